The summed E-state index contributed by atoms with van der Waals surface area (Å²) in [5.41, 5.74) is 3.66. The summed E-state index contributed by atoms with van der Waals surface area (Å²) in [5, 5.41) is 11.1. The van der Waals surface area contributed by atoms with Crippen molar-refractivity contribution in [1.82, 2.24) is 14.5 Å². The zero-order valence-corrected chi connectivity index (χ0v) is 12.9. The van der Waals surface area contributed by atoms with E-state index < -0.39 is 0 Å². The molecule has 0 atom stereocenters. The van der Waals surface area contributed by atoms with Gasteiger partial charge in [-0.2, -0.15) is 5.26 Å². The van der Waals surface area contributed by atoms with Gasteiger partial charge in [-0.3, -0.25) is 0 Å². The van der Waals surface area contributed by atoms with Crippen LogP contribution in [0.2, 0.25) is 0 Å². The molecule has 0 aliphatic heterocycles. The molecule has 0 amide bonds. The lowest BCUT2D eigenvalue weighted by Crippen LogP contribution is -1.90. The van der Waals surface area contributed by atoms with E-state index in [1.165, 1.54) is 11.9 Å². The van der Waals surface area contributed by atoms with Crippen molar-refractivity contribution in [2.45, 2.75) is 18.9 Å². The number of nitrogens with one attached hydrogen (secondary N) is 2. The zero-order valence-electron chi connectivity index (χ0n) is 12.1. The molecule has 3 rings (SSSR count). The first-order valence-electron chi connectivity index (χ1n) is 6.53. The highest BCUT2D eigenvalue weighted by atomic mass is 32.2. The third-order valence-corrected chi connectivity index (χ3v) is 4.24. The number of aromatic amines is 1. The lowest BCUT2D eigenvalue weighted by molar-refractivity contribution is 0.858. The van der Waals surface area contributed by atoms with Gasteiger partial charge in [0.15, 0.2) is 0 Å². The lowest BCUT2D eigenvalue weighted by Gasteiger charge is -2.06. The minimum absolute atomic E-state index is 0.671. The van der Waals surface area contributed by atoms with Crippen molar-refractivity contribution in [2.75, 3.05) is 4.72 Å². The summed E-state index contributed by atoms with van der Waals surface area (Å²) in [4.78, 5) is 7.62. The van der Waals surface area contributed by atoms with Gasteiger partial charge in [-0.15, -0.1) is 0 Å². The molecule has 0 saturated carbocycles. The molecule has 2 heterocycles. The fraction of sp³-hybridized carbons (Fsp3) is 0.200. The number of aromatic nitrogens is 3. The van der Waals surface area contributed by atoms with E-state index >= 15 is 0 Å². The number of rotatable bonds is 3. The Morgan fingerprint density at radius 1 is 1.38 bits per heavy atom. The Morgan fingerprint density at radius 2 is 2.19 bits per heavy atom. The van der Waals surface area contributed by atoms with Gasteiger partial charge in [0.05, 0.1) is 16.8 Å². The minimum atomic E-state index is 0.671. The van der Waals surface area contributed by atoms with Gasteiger partial charge in [-0.05, 0) is 25.5 Å². The van der Waals surface area contributed by atoms with Crippen molar-refractivity contribution in [3.8, 4) is 6.07 Å². The first-order valence-corrected chi connectivity index (χ1v) is 7.35. The summed E-state index contributed by atoms with van der Waals surface area (Å²) in [6.45, 7) is 3.98. The van der Waals surface area contributed by atoms with E-state index in [4.69, 9.17) is 0 Å². The van der Waals surface area contributed by atoms with Crippen LogP contribution in [0.3, 0.4) is 0 Å². The van der Waals surface area contributed by atoms with Gasteiger partial charge in [0, 0.05) is 36.8 Å². The predicted molar refractivity (Wildman–Crippen MR) is 85.2 cm³/mol. The maximum atomic E-state index is 9.17. The molecule has 0 saturated heterocycles. The number of imidazole rings is 1. The van der Waals surface area contributed by atoms with Crippen molar-refractivity contribution in [1.29, 1.82) is 5.26 Å². The van der Waals surface area contributed by atoms with Crippen LogP contribution >= 0.6 is 11.9 Å². The second kappa shape index (κ2) is 5.19. The van der Waals surface area contributed by atoms with Gasteiger partial charge in [-0.25, -0.2) is 4.98 Å². The van der Waals surface area contributed by atoms with Gasteiger partial charge < -0.3 is 14.3 Å². The monoisotopic (exact) mass is 297 g/mol. The van der Waals surface area contributed by atoms with Crippen molar-refractivity contribution in [2.24, 2.45) is 7.05 Å². The van der Waals surface area contributed by atoms with Gasteiger partial charge in [0.2, 0.25) is 0 Å². The van der Waals surface area contributed by atoms with Crippen LogP contribution in [0.25, 0.3) is 10.9 Å². The standard InChI is InChI=1S/C15H15N5S/c1-9-4-5-12(15-14(9)11(6-16)7-17-15)19-21-13-8-20(3)10(2)18-13/h4-5,7-8,17,19H,1-3H3. The number of fused-ring (bicyclic) bond motifs is 1. The molecule has 0 aliphatic carbocycles. The maximum absolute atomic E-state index is 9.17. The van der Waals surface area contributed by atoms with Crippen LogP contribution in [-0.4, -0.2) is 14.5 Å². The molecule has 2 aromatic heterocycles. The van der Waals surface area contributed by atoms with Crippen LogP contribution in [0.15, 0.2) is 29.6 Å². The molecule has 0 radical (unpaired) electrons. The topological polar surface area (TPSA) is 69.4 Å². The van der Waals surface area contributed by atoms with E-state index in [1.54, 1.807) is 6.20 Å². The molecule has 3 aromatic rings. The molecule has 21 heavy (non-hydrogen) atoms. The number of aryl methyl sites for hydroxylation is 3. The predicted octanol–water partition coefficient (Wildman–Crippen LogP) is 3.51. The van der Waals surface area contributed by atoms with Gasteiger partial charge in [-0.1, -0.05) is 6.07 Å². The van der Waals surface area contributed by atoms with Crippen LogP contribution < -0.4 is 4.72 Å². The molecule has 1 aromatic carbocycles. The SMILES string of the molecule is Cc1ccc(NSc2cn(C)c(C)n2)c2[nH]cc(C#N)c12. The lowest BCUT2D eigenvalue weighted by atomic mass is 10.1. The minimum Gasteiger partial charge on any atom is -0.358 e. The normalized spacial score (nSPS) is 10.8. The number of nitriles is 1. The average molecular weight is 297 g/mol. The molecular weight excluding hydrogens is 282 g/mol. The fourth-order valence-electron chi connectivity index (χ4n) is 2.28. The molecule has 0 spiro atoms. The molecule has 2 N–H and O–H groups in total. The van der Waals surface area contributed by atoms with Crippen LogP contribution in [0.1, 0.15) is 17.0 Å². The fourth-order valence-corrected chi connectivity index (χ4v) is 3.05. The number of hydrogen-bond acceptors (Lipinski definition) is 4. The molecule has 5 nitrogen and oxygen atoms in total. The first-order chi connectivity index (χ1) is 10.1. The first kappa shape index (κ1) is 13.6. The van der Waals surface area contributed by atoms with Crippen LogP contribution in [0.5, 0.6) is 0 Å². The van der Waals surface area contributed by atoms with E-state index in [0.29, 0.717) is 5.56 Å². The Bertz CT molecular complexity index is 833. The molecule has 0 aliphatic rings. The van der Waals surface area contributed by atoms with Gasteiger partial charge >= 0.3 is 0 Å². The largest absolute Gasteiger partial charge is 0.358 e. The molecule has 0 fully saturated rings. The Morgan fingerprint density at radius 3 is 2.86 bits per heavy atom. The van der Waals surface area contributed by atoms with Crippen LogP contribution in [0, 0.1) is 25.2 Å². The highest BCUT2D eigenvalue weighted by molar-refractivity contribution is 8.00. The molecule has 0 bridgehead atoms. The second-order valence-electron chi connectivity index (χ2n) is 4.94. The van der Waals surface area contributed by atoms with Crippen molar-refractivity contribution < 1.29 is 0 Å². The van der Waals surface area contributed by atoms with Crippen molar-refractivity contribution >= 4 is 28.5 Å². The smallest absolute Gasteiger partial charge is 0.135 e. The van der Waals surface area contributed by atoms with Crippen molar-refractivity contribution in [3.63, 3.8) is 0 Å². The Labute approximate surface area is 127 Å². The summed E-state index contributed by atoms with van der Waals surface area (Å²) < 4.78 is 5.29. The summed E-state index contributed by atoms with van der Waals surface area (Å²) in [6, 6.07) is 6.25. The van der Waals surface area contributed by atoms with Crippen LogP contribution in [-0.2, 0) is 7.05 Å². The summed E-state index contributed by atoms with van der Waals surface area (Å²) in [6.07, 6.45) is 3.73. The molecule has 0 unspecified atom stereocenters. The third-order valence-electron chi connectivity index (χ3n) is 3.52. The van der Waals surface area contributed by atoms with Crippen molar-refractivity contribution in [3.05, 3.63) is 41.5 Å². The molecular formula is C15H15N5S. The van der Waals surface area contributed by atoms with Gasteiger partial charge in [0.1, 0.15) is 16.9 Å². The van der Waals surface area contributed by atoms with E-state index in [-0.39, 0.29) is 0 Å². The van der Waals surface area contributed by atoms with E-state index in [0.717, 1.165) is 33.0 Å². The van der Waals surface area contributed by atoms with Gasteiger partial charge in [0.25, 0.3) is 0 Å². The van der Waals surface area contributed by atoms with E-state index in [1.807, 2.05) is 43.8 Å². The second-order valence-corrected chi connectivity index (χ2v) is 5.76. The van der Waals surface area contributed by atoms with Crippen LogP contribution in [0.4, 0.5) is 5.69 Å². The third kappa shape index (κ3) is 2.36. The number of anilines is 1. The highest BCUT2D eigenvalue weighted by Gasteiger charge is 2.11. The highest BCUT2D eigenvalue weighted by Crippen LogP contribution is 2.31. The van der Waals surface area contributed by atoms with E-state index in [9.17, 15) is 5.26 Å². The number of benzene rings is 1. The summed E-state index contributed by atoms with van der Waals surface area (Å²) >= 11 is 1.46. The molecule has 6 heteroatoms. The number of H-pyrrole nitrogens is 1. The summed E-state index contributed by atoms with van der Waals surface area (Å²) in [5.74, 6) is 0.972. The zero-order chi connectivity index (χ0) is 15.0. The average Bonchev–Trinajstić information content (AvgIpc) is 3.03. The maximum Gasteiger partial charge on any atom is 0.135 e. The van der Waals surface area contributed by atoms with E-state index in [2.05, 4.69) is 20.8 Å². The number of nitrogens with zero attached hydrogens (tertiary/aromatic N) is 3. The summed E-state index contributed by atoms with van der Waals surface area (Å²) in [7, 11) is 1.97. The Kier molecular flexibility index (Phi) is 3.35. The Hall–Kier alpha value is -2.39. The molecule has 106 valence electrons. The number of hydrogen-bond donors (Lipinski definition) is 2. The Balaban J connectivity index is 1.93. The quantitative estimate of drug-likeness (QED) is 0.726.